The molecule has 6 heteroatoms. The van der Waals surface area contributed by atoms with Crippen molar-refractivity contribution >= 4 is 28.5 Å². The average Bonchev–Trinajstić information content (AvgIpc) is 2.81. The second-order valence-electron chi connectivity index (χ2n) is 3.75. The van der Waals surface area contributed by atoms with Gasteiger partial charge in [0.05, 0.1) is 18.3 Å². The molecule has 0 saturated carbocycles. The molecule has 0 spiro atoms. The summed E-state index contributed by atoms with van der Waals surface area (Å²) in [6.45, 7) is -0.166. The second kappa shape index (κ2) is 4.79. The van der Waals surface area contributed by atoms with Gasteiger partial charge in [0.15, 0.2) is 0 Å². The summed E-state index contributed by atoms with van der Waals surface area (Å²) >= 11 is 0. The first kappa shape index (κ1) is 12.0. The molecule has 0 bridgehead atoms. The van der Waals surface area contributed by atoms with Gasteiger partial charge in [0, 0.05) is 5.39 Å². The van der Waals surface area contributed by atoms with Crippen LogP contribution in [0.25, 0.3) is 10.9 Å². The fraction of sp³-hybridized carbons (Fsp3) is 0.167. The van der Waals surface area contributed by atoms with Crippen molar-refractivity contribution in [1.29, 1.82) is 0 Å². The summed E-state index contributed by atoms with van der Waals surface area (Å²) in [4.78, 5) is 25.6. The molecule has 0 unspecified atom stereocenters. The van der Waals surface area contributed by atoms with Gasteiger partial charge in [0.1, 0.15) is 12.2 Å². The number of nitrogens with two attached hydrogens (primary N) is 1. The van der Waals surface area contributed by atoms with Crippen LogP contribution in [0.15, 0.2) is 24.3 Å². The number of hydrogen-bond donors (Lipinski definition) is 3. The summed E-state index contributed by atoms with van der Waals surface area (Å²) in [5.41, 5.74) is 7.41. The Bertz CT molecular complexity index is 604. The summed E-state index contributed by atoms with van der Waals surface area (Å²) in [6, 6.07) is 7.08. The number of carbonyl (C=O) groups is 2. The topological polar surface area (TPSA) is 97.2 Å². The Balaban J connectivity index is 2.18. The van der Waals surface area contributed by atoms with Crippen molar-refractivity contribution in [2.45, 2.75) is 0 Å². The van der Waals surface area contributed by atoms with Crippen LogP contribution in [0.4, 0.5) is 5.69 Å². The molecule has 0 aliphatic carbocycles. The van der Waals surface area contributed by atoms with Crippen molar-refractivity contribution < 1.29 is 14.3 Å². The third-order valence-corrected chi connectivity index (χ3v) is 2.55. The van der Waals surface area contributed by atoms with Crippen LogP contribution in [-0.4, -0.2) is 30.5 Å². The van der Waals surface area contributed by atoms with Crippen LogP contribution in [0.2, 0.25) is 0 Å². The third kappa shape index (κ3) is 2.27. The number of nitrogens with one attached hydrogen (secondary N) is 2. The molecule has 0 aliphatic heterocycles. The van der Waals surface area contributed by atoms with Crippen LogP contribution in [0, 0.1) is 0 Å². The zero-order valence-corrected chi connectivity index (χ0v) is 9.82. The normalized spacial score (nSPS) is 10.3. The number of rotatable bonds is 3. The third-order valence-electron chi connectivity index (χ3n) is 2.55. The molecule has 94 valence electrons. The van der Waals surface area contributed by atoms with E-state index < -0.39 is 5.97 Å². The van der Waals surface area contributed by atoms with Crippen molar-refractivity contribution in [2.75, 3.05) is 19.4 Å². The molecule has 0 fully saturated rings. The molecule has 0 radical (unpaired) electrons. The van der Waals surface area contributed by atoms with Gasteiger partial charge in [0.25, 0.3) is 5.91 Å². The number of hydrogen-bond acceptors (Lipinski definition) is 4. The van der Waals surface area contributed by atoms with Crippen molar-refractivity contribution in [1.82, 2.24) is 10.3 Å². The Labute approximate surface area is 103 Å². The molecule has 1 aromatic heterocycles. The van der Waals surface area contributed by atoms with E-state index in [1.165, 1.54) is 7.11 Å². The molecule has 6 nitrogen and oxygen atoms in total. The van der Waals surface area contributed by atoms with Gasteiger partial charge in [-0.15, -0.1) is 0 Å². The number of esters is 1. The van der Waals surface area contributed by atoms with Gasteiger partial charge in [0.2, 0.25) is 0 Å². The van der Waals surface area contributed by atoms with Crippen LogP contribution >= 0.6 is 0 Å². The Morgan fingerprint density at radius 2 is 2.22 bits per heavy atom. The minimum atomic E-state index is -0.501. The molecule has 2 aromatic rings. The van der Waals surface area contributed by atoms with E-state index in [0.29, 0.717) is 16.9 Å². The lowest BCUT2D eigenvalue weighted by Crippen LogP contribution is -2.30. The number of carbonyl (C=O) groups excluding carboxylic acids is 2. The minimum absolute atomic E-state index is 0.166. The maximum absolute atomic E-state index is 11.8. The first-order chi connectivity index (χ1) is 8.61. The van der Waals surface area contributed by atoms with E-state index in [1.54, 1.807) is 12.1 Å². The number of methoxy groups -OCH3 is 1. The number of aromatic amines is 1. The number of benzene rings is 1. The van der Waals surface area contributed by atoms with Crippen LogP contribution in [0.5, 0.6) is 0 Å². The van der Waals surface area contributed by atoms with Crippen LogP contribution in [0.3, 0.4) is 0 Å². The van der Waals surface area contributed by atoms with Crippen molar-refractivity contribution in [3.63, 3.8) is 0 Å². The largest absolute Gasteiger partial charge is 0.468 e. The minimum Gasteiger partial charge on any atom is -0.468 e. The Kier molecular flexibility index (Phi) is 3.18. The molecule has 1 amide bonds. The predicted molar refractivity (Wildman–Crippen MR) is 67.1 cm³/mol. The maximum atomic E-state index is 11.8. The molecular formula is C12H13N3O3. The zero-order valence-electron chi connectivity index (χ0n) is 9.82. The van der Waals surface area contributed by atoms with E-state index in [4.69, 9.17) is 5.73 Å². The highest BCUT2D eigenvalue weighted by atomic mass is 16.5. The molecule has 1 heterocycles. The van der Waals surface area contributed by atoms with E-state index in [2.05, 4.69) is 15.0 Å². The lowest BCUT2D eigenvalue weighted by Gasteiger charge is -2.01. The molecule has 0 saturated heterocycles. The van der Waals surface area contributed by atoms with E-state index in [9.17, 15) is 9.59 Å². The number of anilines is 1. The van der Waals surface area contributed by atoms with Gasteiger partial charge in [-0.3, -0.25) is 9.59 Å². The first-order valence-electron chi connectivity index (χ1n) is 5.34. The van der Waals surface area contributed by atoms with Gasteiger partial charge < -0.3 is 20.8 Å². The van der Waals surface area contributed by atoms with E-state index >= 15 is 0 Å². The van der Waals surface area contributed by atoms with E-state index in [-0.39, 0.29) is 12.5 Å². The summed E-state index contributed by atoms with van der Waals surface area (Å²) in [6.07, 6.45) is 0. The Morgan fingerprint density at radius 1 is 1.44 bits per heavy atom. The van der Waals surface area contributed by atoms with Gasteiger partial charge in [-0.1, -0.05) is 12.1 Å². The lowest BCUT2D eigenvalue weighted by atomic mass is 10.2. The van der Waals surface area contributed by atoms with E-state index in [0.717, 1.165) is 5.39 Å². The average molecular weight is 247 g/mol. The Hall–Kier alpha value is -2.50. The number of fused-ring (bicyclic) bond motifs is 1. The smallest absolute Gasteiger partial charge is 0.325 e. The summed E-state index contributed by atoms with van der Waals surface area (Å²) in [5, 5.41) is 3.29. The van der Waals surface area contributed by atoms with Crippen LogP contribution in [0.1, 0.15) is 10.5 Å². The van der Waals surface area contributed by atoms with Gasteiger partial charge in [-0.05, 0) is 12.1 Å². The summed E-state index contributed by atoms with van der Waals surface area (Å²) in [5.74, 6) is -0.880. The summed E-state index contributed by atoms with van der Waals surface area (Å²) in [7, 11) is 1.26. The Morgan fingerprint density at radius 3 is 2.89 bits per heavy atom. The number of nitrogen functional groups attached to an aromatic ring is 1. The molecule has 0 aliphatic rings. The van der Waals surface area contributed by atoms with Gasteiger partial charge >= 0.3 is 5.97 Å². The quantitative estimate of drug-likeness (QED) is 0.548. The van der Waals surface area contributed by atoms with Gasteiger partial charge in [-0.25, -0.2) is 0 Å². The SMILES string of the molecule is COC(=O)CNC(=O)c1cc2cccc(N)c2[nH]1. The molecule has 1 aromatic carbocycles. The van der Waals surface area contributed by atoms with Crippen LogP contribution < -0.4 is 11.1 Å². The van der Waals surface area contributed by atoms with Crippen LogP contribution in [-0.2, 0) is 9.53 Å². The molecule has 4 N–H and O–H groups in total. The van der Waals surface area contributed by atoms with E-state index in [1.807, 2.05) is 12.1 Å². The fourth-order valence-corrected chi connectivity index (χ4v) is 1.62. The molecule has 2 rings (SSSR count). The highest BCUT2D eigenvalue weighted by Crippen LogP contribution is 2.20. The molecule has 0 atom stereocenters. The number of amides is 1. The number of aromatic nitrogens is 1. The van der Waals surface area contributed by atoms with Crippen molar-refractivity contribution in [3.05, 3.63) is 30.0 Å². The first-order valence-corrected chi connectivity index (χ1v) is 5.34. The lowest BCUT2D eigenvalue weighted by molar-refractivity contribution is -0.139. The molecular weight excluding hydrogens is 234 g/mol. The molecule has 18 heavy (non-hydrogen) atoms. The highest BCUT2D eigenvalue weighted by molar-refractivity contribution is 6.01. The summed E-state index contributed by atoms with van der Waals surface area (Å²) < 4.78 is 4.43. The highest BCUT2D eigenvalue weighted by Gasteiger charge is 2.11. The number of H-pyrrole nitrogens is 1. The monoisotopic (exact) mass is 247 g/mol. The second-order valence-corrected chi connectivity index (χ2v) is 3.75. The predicted octanol–water partition coefficient (Wildman–Crippen LogP) is 0.653. The fourth-order valence-electron chi connectivity index (χ4n) is 1.62. The number of ether oxygens (including phenoxy) is 1. The van der Waals surface area contributed by atoms with Crippen molar-refractivity contribution in [3.8, 4) is 0 Å². The number of para-hydroxylation sites is 1. The standard InChI is InChI=1S/C12H13N3O3/c1-18-10(16)6-14-12(17)9-5-7-3-2-4-8(13)11(7)15-9/h2-5,15H,6,13H2,1H3,(H,14,17). The zero-order chi connectivity index (χ0) is 13.1. The van der Waals surface area contributed by atoms with Crippen molar-refractivity contribution in [2.24, 2.45) is 0 Å². The van der Waals surface area contributed by atoms with Gasteiger partial charge in [-0.2, -0.15) is 0 Å². The maximum Gasteiger partial charge on any atom is 0.325 e.